The third-order valence-electron chi connectivity index (χ3n) is 3.91. The zero-order valence-corrected chi connectivity index (χ0v) is 11.4. The lowest BCUT2D eigenvalue weighted by Crippen LogP contribution is -2.04. The Bertz CT molecular complexity index is 642. The van der Waals surface area contributed by atoms with E-state index in [1.165, 1.54) is 25.7 Å². The van der Waals surface area contributed by atoms with Crippen LogP contribution in [0.4, 0.5) is 0 Å². The molecule has 104 valence electrons. The summed E-state index contributed by atoms with van der Waals surface area (Å²) in [6, 6.07) is 2.36. The molecule has 20 heavy (non-hydrogen) atoms. The van der Waals surface area contributed by atoms with Gasteiger partial charge in [0.15, 0.2) is 5.69 Å². The van der Waals surface area contributed by atoms with Crippen molar-refractivity contribution in [2.45, 2.75) is 38.6 Å². The van der Waals surface area contributed by atoms with Crippen LogP contribution in [-0.2, 0) is 0 Å². The van der Waals surface area contributed by atoms with E-state index in [-0.39, 0.29) is 5.69 Å². The first-order chi connectivity index (χ1) is 9.65. The molecule has 0 aromatic carbocycles. The highest BCUT2D eigenvalue weighted by atomic mass is 16.4. The number of aromatic nitrogens is 3. The third kappa shape index (κ3) is 2.31. The van der Waals surface area contributed by atoms with Gasteiger partial charge in [0.2, 0.25) is 0 Å². The molecular formula is C15H17N3O2. The minimum atomic E-state index is -0.990. The van der Waals surface area contributed by atoms with Gasteiger partial charge in [0.25, 0.3) is 0 Å². The van der Waals surface area contributed by atoms with Gasteiger partial charge in [0.1, 0.15) is 0 Å². The Morgan fingerprint density at radius 2 is 2.05 bits per heavy atom. The molecule has 0 bridgehead atoms. The molecule has 5 nitrogen and oxygen atoms in total. The molecule has 0 unspecified atom stereocenters. The summed E-state index contributed by atoms with van der Waals surface area (Å²) in [4.78, 5) is 15.0. The van der Waals surface area contributed by atoms with Gasteiger partial charge in [-0.15, -0.1) is 0 Å². The lowest BCUT2D eigenvalue weighted by Gasteiger charge is -2.08. The molecule has 0 atom stereocenters. The minimum absolute atomic E-state index is 0.108. The van der Waals surface area contributed by atoms with Crippen LogP contribution < -0.4 is 0 Å². The molecule has 0 amide bonds. The van der Waals surface area contributed by atoms with Crippen molar-refractivity contribution in [1.29, 1.82) is 0 Å². The Hall–Kier alpha value is -2.17. The molecule has 0 aliphatic heterocycles. The molecule has 1 aliphatic carbocycles. The first kappa shape index (κ1) is 12.8. The number of pyridine rings is 1. The molecule has 0 saturated heterocycles. The fourth-order valence-corrected chi connectivity index (χ4v) is 2.81. The fraction of sp³-hybridized carbons (Fsp3) is 0.400. The molecular weight excluding hydrogens is 254 g/mol. The fourth-order valence-electron chi connectivity index (χ4n) is 2.81. The van der Waals surface area contributed by atoms with Crippen molar-refractivity contribution in [3.8, 4) is 11.1 Å². The molecule has 5 heteroatoms. The molecule has 1 saturated carbocycles. The summed E-state index contributed by atoms with van der Waals surface area (Å²) in [5.41, 5.74) is 2.68. The van der Waals surface area contributed by atoms with E-state index >= 15 is 0 Å². The van der Waals surface area contributed by atoms with E-state index in [1.54, 1.807) is 13.1 Å². The van der Waals surface area contributed by atoms with Gasteiger partial charge in [-0.3, -0.25) is 4.68 Å². The summed E-state index contributed by atoms with van der Waals surface area (Å²) in [6.07, 6.45) is 10.4. The van der Waals surface area contributed by atoms with Gasteiger partial charge in [0.05, 0.1) is 12.2 Å². The Labute approximate surface area is 117 Å². The second-order valence-electron chi connectivity index (χ2n) is 5.34. The van der Waals surface area contributed by atoms with Crippen LogP contribution in [0.15, 0.2) is 24.7 Å². The molecule has 1 N–H and O–H groups in total. The summed E-state index contributed by atoms with van der Waals surface area (Å²) in [5, 5.41) is 13.4. The second-order valence-corrected chi connectivity index (χ2v) is 5.34. The smallest absolute Gasteiger partial charge is 0.354 e. The van der Waals surface area contributed by atoms with E-state index < -0.39 is 5.97 Å². The van der Waals surface area contributed by atoms with Crippen LogP contribution in [0, 0.1) is 6.92 Å². The van der Waals surface area contributed by atoms with E-state index in [9.17, 15) is 4.79 Å². The maximum atomic E-state index is 11.0. The van der Waals surface area contributed by atoms with Gasteiger partial charge in [-0.1, -0.05) is 12.8 Å². The molecule has 0 spiro atoms. The van der Waals surface area contributed by atoms with Crippen LogP contribution in [0.25, 0.3) is 11.1 Å². The number of carboxylic acid groups (broad SMARTS) is 1. The number of aryl methyl sites for hydroxylation is 1. The van der Waals surface area contributed by atoms with Gasteiger partial charge in [-0.2, -0.15) is 5.10 Å². The molecule has 3 rings (SSSR count). The number of carbonyl (C=O) groups is 1. The largest absolute Gasteiger partial charge is 0.477 e. The van der Waals surface area contributed by atoms with Crippen LogP contribution in [0.5, 0.6) is 0 Å². The molecule has 1 aliphatic rings. The van der Waals surface area contributed by atoms with Crippen molar-refractivity contribution >= 4 is 5.97 Å². The van der Waals surface area contributed by atoms with E-state index in [0.717, 1.165) is 11.1 Å². The average Bonchev–Trinajstić information content (AvgIpc) is 3.09. The number of hydrogen-bond acceptors (Lipinski definition) is 3. The summed E-state index contributed by atoms with van der Waals surface area (Å²) in [6.45, 7) is 1.77. The van der Waals surface area contributed by atoms with Gasteiger partial charge in [0, 0.05) is 23.5 Å². The SMILES string of the molecule is Cc1cc(-c2cnn(C3CCCC3)c2)cnc1C(=O)O. The second kappa shape index (κ2) is 5.07. The van der Waals surface area contributed by atoms with Crippen molar-refractivity contribution < 1.29 is 9.90 Å². The molecule has 2 aromatic rings. The van der Waals surface area contributed by atoms with Gasteiger partial charge in [-0.25, -0.2) is 9.78 Å². The lowest BCUT2D eigenvalue weighted by molar-refractivity contribution is 0.0689. The molecule has 2 heterocycles. The minimum Gasteiger partial charge on any atom is -0.477 e. The Morgan fingerprint density at radius 1 is 1.30 bits per heavy atom. The van der Waals surface area contributed by atoms with E-state index in [2.05, 4.69) is 10.1 Å². The lowest BCUT2D eigenvalue weighted by atomic mass is 10.1. The summed E-state index contributed by atoms with van der Waals surface area (Å²) < 4.78 is 2.03. The number of aromatic carboxylic acids is 1. The van der Waals surface area contributed by atoms with Crippen molar-refractivity contribution in [3.63, 3.8) is 0 Å². The van der Waals surface area contributed by atoms with Crippen LogP contribution in [0.1, 0.15) is 47.8 Å². The first-order valence-corrected chi connectivity index (χ1v) is 6.89. The Morgan fingerprint density at radius 3 is 2.70 bits per heavy atom. The highest BCUT2D eigenvalue weighted by molar-refractivity contribution is 5.87. The van der Waals surface area contributed by atoms with Crippen molar-refractivity contribution in [3.05, 3.63) is 35.9 Å². The number of carboxylic acids is 1. The average molecular weight is 271 g/mol. The van der Waals surface area contributed by atoms with E-state index in [1.807, 2.05) is 23.1 Å². The van der Waals surface area contributed by atoms with Crippen molar-refractivity contribution in [1.82, 2.24) is 14.8 Å². The number of rotatable bonds is 3. The standard InChI is InChI=1S/C15H17N3O2/c1-10-6-11(7-16-14(10)15(19)20)12-8-17-18(9-12)13-4-2-3-5-13/h6-9,13H,2-5H2,1H3,(H,19,20). The summed E-state index contributed by atoms with van der Waals surface area (Å²) in [5.74, 6) is -0.990. The predicted octanol–water partition coefficient (Wildman–Crippen LogP) is 3.07. The van der Waals surface area contributed by atoms with E-state index in [0.29, 0.717) is 11.6 Å². The summed E-state index contributed by atoms with van der Waals surface area (Å²) in [7, 11) is 0. The number of hydrogen-bond donors (Lipinski definition) is 1. The third-order valence-corrected chi connectivity index (χ3v) is 3.91. The van der Waals surface area contributed by atoms with E-state index in [4.69, 9.17) is 5.11 Å². The highest BCUT2D eigenvalue weighted by Crippen LogP contribution is 2.30. The maximum absolute atomic E-state index is 11.0. The zero-order valence-electron chi connectivity index (χ0n) is 11.4. The molecule has 2 aromatic heterocycles. The van der Waals surface area contributed by atoms with Gasteiger partial charge < -0.3 is 5.11 Å². The van der Waals surface area contributed by atoms with Crippen LogP contribution in [0.3, 0.4) is 0 Å². The first-order valence-electron chi connectivity index (χ1n) is 6.89. The topological polar surface area (TPSA) is 68.0 Å². The van der Waals surface area contributed by atoms with Crippen LogP contribution in [0.2, 0.25) is 0 Å². The van der Waals surface area contributed by atoms with Crippen molar-refractivity contribution in [2.24, 2.45) is 0 Å². The monoisotopic (exact) mass is 271 g/mol. The summed E-state index contributed by atoms with van der Waals surface area (Å²) >= 11 is 0. The van der Waals surface area contributed by atoms with Gasteiger partial charge in [-0.05, 0) is 31.4 Å². The van der Waals surface area contributed by atoms with Gasteiger partial charge >= 0.3 is 5.97 Å². The van der Waals surface area contributed by atoms with Crippen LogP contribution >= 0.6 is 0 Å². The number of nitrogens with zero attached hydrogens (tertiary/aromatic N) is 3. The molecule has 0 radical (unpaired) electrons. The Balaban J connectivity index is 1.89. The normalized spacial score (nSPS) is 15.7. The molecule has 1 fully saturated rings. The quantitative estimate of drug-likeness (QED) is 0.931. The predicted molar refractivity (Wildman–Crippen MR) is 74.7 cm³/mol. The maximum Gasteiger partial charge on any atom is 0.354 e. The zero-order chi connectivity index (χ0) is 14.1. The highest BCUT2D eigenvalue weighted by Gasteiger charge is 2.18. The van der Waals surface area contributed by atoms with Crippen LogP contribution in [-0.4, -0.2) is 25.8 Å². The Kier molecular flexibility index (Phi) is 3.26. The van der Waals surface area contributed by atoms with Crippen molar-refractivity contribution in [2.75, 3.05) is 0 Å².